The van der Waals surface area contributed by atoms with Crippen molar-refractivity contribution >= 4 is 0 Å². The SMILES string of the molecule is C=C(C)COc1cccc[n+]1[O-]. The van der Waals surface area contributed by atoms with Gasteiger partial charge in [0.1, 0.15) is 6.61 Å². The second-order valence-electron chi connectivity index (χ2n) is 2.61. The molecule has 1 aromatic rings. The molecule has 12 heavy (non-hydrogen) atoms. The van der Waals surface area contributed by atoms with Crippen LogP contribution in [0.1, 0.15) is 6.92 Å². The van der Waals surface area contributed by atoms with Gasteiger partial charge >= 0.3 is 5.88 Å². The second-order valence-corrected chi connectivity index (χ2v) is 2.61. The third-order valence-electron chi connectivity index (χ3n) is 1.26. The lowest BCUT2D eigenvalue weighted by atomic mass is 10.4. The van der Waals surface area contributed by atoms with Crippen molar-refractivity contribution in [2.75, 3.05) is 6.61 Å². The molecule has 0 fully saturated rings. The van der Waals surface area contributed by atoms with Gasteiger partial charge in [0.05, 0.1) is 6.07 Å². The van der Waals surface area contributed by atoms with E-state index in [0.717, 1.165) is 5.57 Å². The number of pyridine rings is 1. The Morgan fingerprint density at radius 2 is 2.42 bits per heavy atom. The van der Waals surface area contributed by atoms with Crippen molar-refractivity contribution in [3.05, 3.63) is 41.8 Å². The predicted octanol–water partition coefficient (Wildman–Crippen LogP) is 1.27. The summed E-state index contributed by atoms with van der Waals surface area (Å²) >= 11 is 0. The van der Waals surface area contributed by atoms with E-state index in [1.165, 1.54) is 6.20 Å². The molecule has 0 aliphatic rings. The van der Waals surface area contributed by atoms with E-state index in [1.54, 1.807) is 18.2 Å². The van der Waals surface area contributed by atoms with Crippen LogP contribution in [0.4, 0.5) is 0 Å². The van der Waals surface area contributed by atoms with Crippen LogP contribution < -0.4 is 9.47 Å². The van der Waals surface area contributed by atoms with Crippen molar-refractivity contribution in [2.24, 2.45) is 0 Å². The van der Waals surface area contributed by atoms with E-state index in [-0.39, 0.29) is 0 Å². The fourth-order valence-electron chi connectivity index (χ4n) is 0.722. The highest BCUT2D eigenvalue weighted by Crippen LogP contribution is 2.01. The van der Waals surface area contributed by atoms with Gasteiger partial charge in [0.25, 0.3) is 0 Å². The van der Waals surface area contributed by atoms with Crippen LogP contribution in [-0.2, 0) is 0 Å². The number of nitrogens with zero attached hydrogens (tertiary/aromatic N) is 1. The van der Waals surface area contributed by atoms with E-state index in [2.05, 4.69) is 6.58 Å². The van der Waals surface area contributed by atoms with Gasteiger partial charge in [0.2, 0.25) is 0 Å². The Kier molecular flexibility index (Phi) is 2.69. The van der Waals surface area contributed by atoms with Crippen LogP contribution >= 0.6 is 0 Å². The Bertz CT molecular complexity index is 284. The van der Waals surface area contributed by atoms with E-state index in [1.807, 2.05) is 6.92 Å². The van der Waals surface area contributed by atoms with Crippen molar-refractivity contribution in [3.8, 4) is 5.88 Å². The van der Waals surface area contributed by atoms with E-state index in [0.29, 0.717) is 17.2 Å². The van der Waals surface area contributed by atoms with Crippen LogP contribution in [0.3, 0.4) is 0 Å². The maximum Gasteiger partial charge on any atom is 0.379 e. The third kappa shape index (κ3) is 2.27. The molecule has 0 bridgehead atoms. The van der Waals surface area contributed by atoms with Gasteiger partial charge in [-0.2, -0.15) is 0 Å². The first kappa shape index (κ1) is 8.59. The van der Waals surface area contributed by atoms with Gasteiger partial charge in [-0.3, -0.25) is 0 Å². The van der Waals surface area contributed by atoms with Gasteiger partial charge in [0, 0.05) is 6.07 Å². The molecular weight excluding hydrogens is 154 g/mol. The van der Waals surface area contributed by atoms with Gasteiger partial charge in [0.15, 0.2) is 6.20 Å². The normalized spacial score (nSPS) is 9.42. The number of aromatic nitrogens is 1. The largest absolute Gasteiger partial charge is 0.616 e. The standard InChI is InChI=1S/C9H11NO2/c1-8(2)7-12-9-5-3-4-6-10(9)11/h3-6H,1,7H2,2H3. The average Bonchev–Trinajstić information content (AvgIpc) is 2.03. The molecule has 3 heteroatoms. The summed E-state index contributed by atoms with van der Waals surface area (Å²) in [4.78, 5) is 0. The summed E-state index contributed by atoms with van der Waals surface area (Å²) < 4.78 is 5.83. The van der Waals surface area contributed by atoms with E-state index < -0.39 is 0 Å². The molecule has 0 aromatic carbocycles. The summed E-state index contributed by atoms with van der Waals surface area (Å²) in [5.41, 5.74) is 0.888. The first-order chi connectivity index (χ1) is 5.70. The maximum atomic E-state index is 11.0. The molecule has 3 nitrogen and oxygen atoms in total. The minimum absolute atomic E-state index is 0.306. The van der Waals surface area contributed by atoms with Gasteiger partial charge in [-0.05, 0) is 18.6 Å². The smallest absolute Gasteiger partial charge is 0.379 e. The minimum atomic E-state index is 0.306. The maximum absolute atomic E-state index is 11.0. The van der Waals surface area contributed by atoms with Crippen molar-refractivity contribution in [1.29, 1.82) is 0 Å². The fourth-order valence-corrected chi connectivity index (χ4v) is 0.722. The topological polar surface area (TPSA) is 36.2 Å². The van der Waals surface area contributed by atoms with Gasteiger partial charge in [-0.15, -0.1) is 4.73 Å². The molecule has 1 heterocycles. The molecule has 0 amide bonds. The van der Waals surface area contributed by atoms with Gasteiger partial charge in [-0.1, -0.05) is 6.58 Å². The summed E-state index contributed by atoms with van der Waals surface area (Å²) in [7, 11) is 0. The summed E-state index contributed by atoms with van der Waals surface area (Å²) in [5, 5.41) is 11.0. The quantitative estimate of drug-likeness (QED) is 0.384. The highest BCUT2D eigenvalue weighted by atomic mass is 16.5. The zero-order valence-corrected chi connectivity index (χ0v) is 6.99. The fraction of sp³-hybridized carbons (Fsp3) is 0.222. The summed E-state index contributed by atoms with van der Waals surface area (Å²) in [6.07, 6.45) is 1.40. The van der Waals surface area contributed by atoms with Gasteiger partial charge < -0.3 is 9.94 Å². The lowest BCUT2D eigenvalue weighted by molar-refractivity contribution is -0.612. The Labute approximate surface area is 71.5 Å². The van der Waals surface area contributed by atoms with Crippen LogP contribution in [0, 0.1) is 5.21 Å². The lowest BCUT2D eigenvalue weighted by Crippen LogP contribution is -2.28. The molecule has 0 aliphatic carbocycles. The highest BCUT2D eigenvalue weighted by Gasteiger charge is 2.02. The summed E-state index contributed by atoms with van der Waals surface area (Å²) in [5.74, 6) is 0.306. The Morgan fingerprint density at radius 3 is 3.00 bits per heavy atom. The van der Waals surface area contributed by atoms with Crippen molar-refractivity contribution in [1.82, 2.24) is 0 Å². The molecule has 0 spiro atoms. The van der Waals surface area contributed by atoms with Gasteiger partial charge in [-0.25, -0.2) is 0 Å². The Hall–Kier alpha value is -1.51. The second kappa shape index (κ2) is 3.76. The third-order valence-corrected chi connectivity index (χ3v) is 1.26. The molecule has 0 saturated carbocycles. The first-order valence-corrected chi connectivity index (χ1v) is 3.65. The van der Waals surface area contributed by atoms with E-state index in [4.69, 9.17) is 4.74 Å². The number of hydrogen-bond donors (Lipinski definition) is 0. The van der Waals surface area contributed by atoms with E-state index >= 15 is 0 Å². The van der Waals surface area contributed by atoms with Crippen LogP contribution in [0.2, 0.25) is 0 Å². The molecular formula is C9H11NO2. The summed E-state index contributed by atoms with van der Waals surface area (Å²) in [6.45, 7) is 5.89. The molecule has 0 N–H and O–H groups in total. The Morgan fingerprint density at radius 1 is 1.67 bits per heavy atom. The average molecular weight is 165 g/mol. The Balaban J connectivity index is 2.63. The van der Waals surface area contributed by atoms with Crippen LogP contribution in [0.5, 0.6) is 5.88 Å². The summed E-state index contributed by atoms with van der Waals surface area (Å²) in [6, 6.07) is 5.03. The van der Waals surface area contributed by atoms with Crippen LogP contribution in [0.25, 0.3) is 0 Å². The van der Waals surface area contributed by atoms with E-state index in [9.17, 15) is 5.21 Å². The monoisotopic (exact) mass is 165 g/mol. The molecule has 0 atom stereocenters. The number of ether oxygens (including phenoxy) is 1. The van der Waals surface area contributed by atoms with Crippen molar-refractivity contribution < 1.29 is 9.47 Å². The molecule has 1 rings (SSSR count). The zero-order valence-electron chi connectivity index (χ0n) is 6.99. The first-order valence-electron chi connectivity index (χ1n) is 3.65. The molecule has 64 valence electrons. The molecule has 0 aliphatic heterocycles. The number of hydrogen-bond acceptors (Lipinski definition) is 2. The molecule has 0 radical (unpaired) electrons. The van der Waals surface area contributed by atoms with Crippen LogP contribution in [-0.4, -0.2) is 6.61 Å². The van der Waals surface area contributed by atoms with Crippen LogP contribution in [0.15, 0.2) is 36.5 Å². The zero-order chi connectivity index (χ0) is 8.97. The predicted molar refractivity (Wildman–Crippen MR) is 45.7 cm³/mol. The van der Waals surface area contributed by atoms with Crippen molar-refractivity contribution in [3.63, 3.8) is 0 Å². The molecule has 1 aromatic heterocycles. The van der Waals surface area contributed by atoms with Crippen molar-refractivity contribution in [2.45, 2.75) is 6.92 Å². The molecule has 0 saturated heterocycles. The number of rotatable bonds is 3. The minimum Gasteiger partial charge on any atom is -0.616 e. The molecule has 0 unspecified atom stereocenters. The lowest BCUT2D eigenvalue weighted by Gasteiger charge is -2.04. The highest BCUT2D eigenvalue weighted by molar-refractivity contribution is 5.04.